The van der Waals surface area contributed by atoms with Crippen molar-refractivity contribution in [2.24, 2.45) is 11.8 Å². The highest BCUT2D eigenvalue weighted by atomic mass is 16.5. The molecule has 8 heteroatoms. The monoisotopic (exact) mass is 523 g/mol. The first-order chi connectivity index (χ1) is 18.1. The van der Waals surface area contributed by atoms with E-state index in [9.17, 15) is 19.5 Å². The number of amides is 3. The standard InChI is InChI=1S/C30H41N3O5/c1-7-15-31(6)26(35)23-24-27(36)33(17-10-18-34)25(30(24)14-13-29(23,9-3)38-30)28(37)32(16-8-2)22-19-20(4)11-12-21(22)5/h7-8,11-12,19,23-25,34H,1-2,9-10,13-18H2,3-6H3/t23-,24-,25?,29+,30?/m0/s1. The fraction of sp³-hybridized carbons (Fsp3) is 0.567. The molecule has 1 spiro atoms. The van der Waals surface area contributed by atoms with Gasteiger partial charge in [0.25, 0.3) is 5.91 Å². The van der Waals surface area contributed by atoms with E-state index >= 15 is 0 Å². The fourth-order valence-electron chi connectivity index (χ4n) is 6.97. The molecule has 0 saturated carbocycles. The maximum Gasteiger partial charge on any atom is 0.253 e. The number of rotatable bonds is 11. The zero-order valence-corrected chi connectivity index (χ0v) is 23.1. The van der Waals surface area contributed by atoms with Crippen LogP contribution in [-0.4, -0.2) is 83.2 Å². The van der Waals surface area contributed by atoms with Crippen LogP contribution < -0.4 is 4.90 Å². The topological polar surface area (TPSA) is 90.4 Å². The van der Waals surface area contributed by atoms with Crippen molar-refractivity contribution in [3.8, 4) is 0 Å². The second kappa shape index (κ2) is 10.7. The summed E-state index contributed by atoms with van der Waals surface area (Å²) in [6.07, 6.45) is 5.37. The highest BCUT2D eigenvalue weighted by Crippen LogP contribution is 2.64. The van der Waals surface area contributed by atoms with Gasteiger partial charge >= 0.3 is 0 Å². The van der Waals surface area contributed by atoms with Crippen LogP contribution in [0, 0.1) is 25.7 Å². The van der Waals surface area contributed by atoms with E-state index in [0.717, 1.165) is 16.8 Å². The van der Waals surface area contributed by atoms with Crippen LogP contribution in [0.2, 0.25) is 0 Å². The number of likely N-dealkylation sites (N-methyl/N-ethyl adjacent to an activating group) is 1. The van der Waals surface area contributed by atoms with E-state index in [2.05, 4.69) is 13.2 Å². The first-order valence-corrected chi connectivity index (χ1v) is 13.6. The van der Waals surface area contributed by atoms with Crippen LogP contribution >= 0.6 is 0 Å². The number of fused-ring (bicyclic) bond motifs is 1. The van der Waals surface area contributed by atoms with Crippen molar-refractivity contribution < 1.29 is 24.2 Å². The number of benzene rings is 1. The van der Waals surface area contributed by atoms with Gasteiger partial charge in [-0.1, -0.05) is 31.2 Å². The second-order valence-corrected chi connectivity index (χ2v) is 11.0. The lowest BCUT2D eigenvalue weighted by Gasteiger charge is -2.37. The Bertz CT molecular complexity index is 1130. The Kier molecular flexibility index (Phi) is 7.86. The van der Waals surface area contributed by atoms with Gasteiger partial charge in [0.15, 0.2) is 0 Å². The van der Waals surface area contributed by atoms with Crippen molar-refractivity contribution >= 4 is 23.4 Å². The van der Waals surface area contributed by atoms with E-state index in [1.807, 2.05) is 39.0 Å². The van der Waals surface area contributed by atoms with E-state index in [1.165, 1.54) is 0 Å². The molecule has 3 aliphatic rings. The van der Waals surface area contributed by atoms with Gasteiger partial charge in [0.1, 0.15) is 11.6 Å². The SMILES string of the molecule is C=CCN(C)C(=O)[C@@H]1[C@H]2C(=O)N(CCCO)C(C(=O)N(CC=C)c3cc(C)ccc3C)C23CC[C@@]1(CC)O3. The number of carbonyl (C=O) groups excluding carboxylic acids is 3. The summed E-state index contributed by atoms with van der Waals surface area (Å²) in [6.45, 7) is 14.3. The van der Waals surface area contributed by atoms with Crippen molar-refractivity contribution in [3.63, 3.8) is 0 Å². The van der Waals surface area contributed by atoms with Crippen LogP contribution in [0.5, 0.6) is 0 Å². The molecular weight excluding hydrogens is 482 g/mol. The number of hydrogen-bond donors (Lipinski definition) is 1. The first kappa shape index (κ1) is 28.0. The summed E-state index contributed by atoms with van der Waals surface area (Å²) in [4.78, 5) is 47.4. The molecule has 2 unspecified atom stereocenters. The maximum absolute atomic E-state index is 14.6. The van der Waals surface area contributed by atoms with Crippen LogP contribution in [0.15, 0.2) is 43.5 Å². The van der Waals surface area contributed by atoms with Crippen LogP contribution in [0.25, 0.3) is 0 Å². The van der Waals surface area contributed by atoms with Crippen LogP contribution in [0.4, 0.5) is 5.69 Å². The van der Waals surface area contributed by atoms with Crippen molar-refractivity contribution in [2.45, 2.75) is 63.7 Å². The third kappa shape index (κ3) is 4.18. The largest absolute Gasteiger partial charge is 0.396 e. The Balaban J connectivity index is 1.84. The molecule has 1 aromatic carbocycles. The molecule has 206 valence electrons. The summed E-state index contributed by atoms with van der Waals surface area (Å²) >= 11 is 0. The molecule has 2 bridgehead atoms. The number of likely N-dealkylation sites (tertiary alicyclic amines) is 1. The smallest absolute Gasteiger partial charge is 0.253 e. The van der Waals surface area contributed by atoms with Gasteiger partial charge in [-0.05, 0) is 56.7 Å². The minimum atomic E-state index is -1.11. The molecule has 1 aromatic rings. The zero-order chi connectivity index (χ0) is 27.8. The van der Waals surface area contributed by atoms with Gasteiger partial charge in [0, 0.05) is 39.0 Å². The molecule has 4 rings (SSSR count). The molecule has 3 amide bonds. The van der Waals surface area contributed by atoms with E-state index in [0.29, 0.717) is 32.2 Å². The van der Waals surface area contributed by atoms with E-state index in [-0.39, 0.29) is 37.4 Å². The third-order valence-electron chi connectivity index (χ3n) is 8.75. The minimum Gasteiger partial charge on any atom is -0.396 e. The Morgan fingerprint density at radius 1 is 1.18 bits per heavy atom. The number of nitrogens with zero attached hydrogens (tertiary/aromatic N) is 3. The summed E-state index contributed by atoms with van der Waals surface area (Å²) in [6, 6.07) is 5.05. The number of hydrogen-bond acceptors (Lipinski definition) is 5. The predicted molar refractivity (Wildman–Crippen MR) is 147 cm³/mol. The van der Waals surface area contributed by atoms with Gasteiger partial charge in [0.2, 0.25) is 11.8 Å². The molecule has 5 atom stereocenters. The van der Waals surface area contributed by atoms with Crippen LogP contribution in [0.3, 0.4) is 0 Å². The Morgan fingerprint density at radius 3 is 2.53 bits per heavy atom. The van der Waals surface area contributed by atoms with Crippen LogP contribution in [0.1, 0.15) is 43.7 Å². The molecule has 3 aliphatic heterocycles. The molecule has 38 heavy (non-hydrogen) atoms. The summed E-state index contributed by atoms with van der Waals surface area (Å²) in [5.41, 5.74) is 0.817. The Hall–Kier alpha value is -2.97. The lowest BCUT2D eigenvalue weighted by Crippen LogP contribution is -2.56. The summed E-state index contributed by atoms with van der Waals surface area (Å²) in [5, 5.41) is 9.61. The average molecular weight is 524 g/mol. The van der Waals surface area contributed by atoms with Crippen molar-refractivity contribution in [2.75, 3.05) is 38.2 Å². The molecule has 3 saturated heterocycles. The molecule has 8 nitrogen and oxygen atoms in total. The van der Waals surface area contributed by atoms with E-state index in [4.69, 9.17) is 4.74 Å². The van der Waals surface area contributed by atoms with Gasteiger partial charge < -0.3 is 24.5 Å². The predicted octanol–water partition coefficient (Wildman–Crippen LogP) is 3.00. The molecule has 0 radical (unpaired) electrons. The number of aliphatic hydroxyl groups excluding tert-OH is 1. The molecular formula is C30H41N3O5. The summed E-state index contributed by atoms with van der Waals surface area (Å²) in [7, 11) is 1.71. The van der Waals surface area contributed by atoms with Gasteiger partial charge in [-0.25, -0.2) is 0 Å². The van der Waals surface area contributed by atoms with Crippen molar-refractivity contribution in [1.82, 2.24) is 9.80 Å². The average Bonchev–Trinajstić information content (AvgIpc) is 3.50. The lowest BCUT2D eigenvalue weighted by molar-refractivity contribution is -0.150. The summed E-state index contributed by atoms with van der Waals surface area (Å²) < 4.78 is 6.84. The van der Waals surface area contributed by atoms with Gasteiger partial charge in [-0.2, -0.15) is 0 Å². The zero-order valence-electron chi connectivity index (χ0n) is 23.1. The molecule has 3 heterocycles. The highest BCUT2D eigenvalue weighted by molar-refractivity contribution is 6.05. The fourth-order valence-corrected chi connectivity index (χ4v) is 6.97. The molecule has 3 fully saturated rings. The number of carbonyl (C=O) groups is 3. The quantitative estimate of drug-likeness (QED) is 0.451. The molecule has 1 N–H and O–H groups in total. The number of aryl methyl sites for hydroxylation is 2. The van der Waals surface area contributed by atoms with Crippen LogP contribution in [-0.2, 0) is 19.1 Å². The lowest BCUT2D eigenvalue weighted by atomic mass is 9.64. The van der Waals surface area contributed by atoms with Gasteiger partial charge in [0.05, 0.1) is 17.4 Å². The Labute approximate surface area is 225 Å². The highest BCUT2D eigenvalue weighted by Gasteiger charge is 2.78. The Morgan fingerprint density at radius 2 is 1.89 bits per heavy atom. The molecule has 0 aliphatic carbocycles. The van der Waals surface area contributed by atoms with Gasteiger partial charge in [-0.3, -0.25) is 14.4 Å². The number of anilines is 1. The summed E-state index contributed by atoms with van der Waals surface area (Å²) in [5.74, 6) is -2.07. The van der Waals surface area contributed by atoms with E-state index in [1.54, 1.807) is 33.9 Å². The minimum absolute atomic E-state index is 0.111. The maximum atomic E-state index is 14.6. The number of ether oxygens (including phenoxy) is 1. The molecule has 0 aromatic heterocycles. The number of aliphatic hydroxyl groups is 1. The normalized spacial score (nSPS) is 29.3. The van der Waals surface area contributed by atoms with Crippen molar-refractivity contribution in [1.29, 1.82) is 0 Å². The van der Waals surface area contributed by atoms with Crippen molar-refractivity contribution in [3.05, 3.63) is 54.6 Å². The van der Waals surface area contributed by atoms with E-state index < -0.39 is 29.1 Å². The van der Waals surface area contributed by atoms with Gasteiger partial charge in [-0.15, -0.1) is 13.2 Å². The first-order valence-electron chi connectivity index (χ1n) is 13.6. The third-order valence-corrected chi connectivity index (χ3v) is 8.75. The second-order valence-electron chi connectivity index (χ2n) is 11.0.